The Kier molecular flexibility index (Phi) is 3.93. The highest BCUT2D eigenvalue weighted by molar-refractivity contribution is 7.71. The van der Waals surface area contributed by atoms with Crippen molar-refractivity contribution in [2.75, 3.05) is 0 Å². The molecule has 0 amide bonds. The number of H-pyrrole nitrogens is 1. The quantitative estimate of drug-likeness (QED) is 0.236. The van der Waals surface area contributed by atoms with Crippen LogP contribution < -0.4 is 0 Å². The summed E-state index contributed by atoms with van der Waals surface area (Å²) < 4.78 is 2.04. The lowest BCUT2D eigenvalue weighted by Gasteiger charge is -2.12. The Bertz CT molecular complexity index is 1250. The largest absolute Gasteiger partial charge is 0.508 e. The van der Waals surface area contributed by atoms with Crippen molar-refractivity contribution in [2.24, 2.45) is 0 Å². The van der Waals surface area contributed by atoms with Crippen LogP contribution in [0.5, 0.6) is 11.5 Å². The summed E-state index contributed by atoms with van der Waals surface area (Å²) in [7, 11) is 0. The van der Waals surface area contributed by atoms with Gasteiger partial charge in [-0.25, -0.2) is 0 Å². The number of aromatic hydroxyl groups is 2. The Morgan fingerprint density at radius 1 is 1.04 bits per heavy atom. The fraction of sp³-hybridized carbons (Fsp3) is 0. The van der Waals surface area contributed by atoms with Gasteiger partial charge in [-0.15, -0.1) is 0 Å². The van der Waals surface area contributed by atoms with Gasteiger partial charge in [0.25, 0.3) is 0 Å². The molecule has 0 fully saturated rings. The van der Waals surface area contributed by atoms with Gasteiger partial charge in [0.2, 0.25) is 0 Å². The number of hydrogen-bond acceptors (Lipinski definition) is 5. The number of phenolic OH excluding ortho intramolecular Hbond substituents is 2. The van der Waals surface area contributed by atoms with Crippen molar-refractivity contribution >= 4 is 28.7 Å². The minimum absolute atomic E-state index is 0.0436. The maximum absolute atomic E-state index is 10.4. The number of hydrogen-bond donors (Lipinski definition) is 4. The third-order valence-corrected chi connectivity index (χ3v) is 4.62. The highest BCUT2D eigenvalue weighted by Gasteiger charge is 2.19. The van der Waals surface area contributed by atoms with Crippen LogP contribution in [-0.4, -0.2) is 30.1 Å². The van der Waals surface area contributed by atoms with Gasteiger partial charge in [-0.05, 0) is 35.8 Å². The van der Waals surface area contributed by atoms with E-state index in [1.54, 1.807) is 4.57 Å². The van der Waals surface area contributed by atoms with Gasteiger partial charge in [-0.2, -0.15) is 5.10 Å². The predicted octanol–water partition coefficient (Wildman–Crippen LogP) is 4.69. The molecule has 4 aromatic rings. The molecular weight excluding hydrogens is 362 g/mol. The molecule has 27 heavy (non-hydrogen) atoms. The van der Waals surface area contributed by atoms with Gasteiger partial charge in [0.05, 0.1) is 16.8 Å². The average Bonchev–Trinajstić information content (AvgIpc) is 3.03. The maximum atomic E-state index is 10.4. The molecular formula is C20H15N3O3S. The third-order valence-electron chi connectivity index (χ3n) is 4.35. The summed E-state index contributed by atoms with van der Waals surface area (Å²) in [6.45, 7) is 3.37. The van der Waals surface area contributed by atoms with Crippen LogP contribution in [0.1, 0.15) is 5.56 Å². The molecule has 0 atom stereocenters. The molecule has 0 saturated carbocycles. The normalized spacial score (nSPS) is 11.0. The van der Waals surface area contributed by atoms with Gasteiger partial charge in [0.15, 0.2) is 10.6 Å². The molecule has 4 rings (SSSR count). The van der Waals surface area contributed by atoms with E-state index in [9.17, 15) is 15.3 Å². The average molecular weight is 377 g/mol. The van der Waals surface area contributed by atoms with Crippen LogP contribution in [0.25, 0.3) is 33.6 Å². The maximum Gasteiger partial charge on any atom is 0.200 e. The van der Waals surface area contributed by atoms with Crippen molar-refractivity contribution in [2.45, 2.75) is 0 Å². The SMILES string of the molecule is C=C(O)c1cc(O)c(-c2n[nH]c(=S)n2-c2cccc3ccccc23)cc1O. The fourth-order valence-corrected chi connectivity index (χ4v) is 3.32. The molecule has 7 heteroatoms. The van der Waals surface area contributed by atoms with Crippen LogP contribution in [0.3, 0.4) is 0 Å². The van der Waals surface area contributed by atoms with Crippen molar-refractivity contribution in [1.29, 1.82) is 0 Å². The first-order chi connectivity index (χ1) is 13.0. The van der Waals surface area contributed by atoms with E-state index in [0.29, 0.717) is 10.6 Å². The van der Waals surface area contributed by atoms with Gasteiger partial charge in [-0.3, -0.25) is 9.67 Å². The number of aromatic amines is 1. The molecule has 6 nitrogen and oxygen atoms in total. The highest BCUT2D eigenvalue weighted by atomic mass is 32.1. The Balaban J connectivity index is 2.00. The summed E-state index contributed by atoms with van der Waals surface area (Å²) in [6.07, 6.45) is 0. The minimum atomic E-state index is -0.345. The second kappa shape index (κ2) is 6.30. The molecule has 0 bridgehead atoms. The van der Waals surface area contributed by atoms with E-state index >= 15 is 0 Å². The number of nitrogens with one attached hydrogen (secondary N) is 1. The van der Waals surface area contributed by atoms with Crippen molar-refractivity contribution in [3.8, 4) is 28.6 Å². The lowest BCUT2D eigenvalue weighted by molar-refractivity contribution is 0.450. The number of nitrogens with zero attached hydrogens (tertiary/aromatic N) is 2. The first kappa shape index (κ1) is 16.9. The Labute approximate surface area is 159 Å². The molecule has 1 heterocycles. The summed E-state index contributed by atoms with van der Waals surface area (Å²) in [4.78, 5) is 0. The number of fused-ring (bicyclic) bond motifs is 1. The van der Waals surface area contributed by atoms with E-state index in [2.05, 4.69) is 16.8 Å². The summed E-state index contributed by atoms with van der Waals surface area (Å²) in [6, 6.07) is 16.2. The van der Waals surface area contributed by atoms with E-state index in [1.807, 2.05) is 42.5 Å². The number of phenols is 2. The van der Waals surface area contributed by atoms with Gasteiger partial charge in [0, 0.05) is 5.39 Å². The number of aromatic nitrogens is 3. The first-order valence-corrected chi connectivity index (χ1v) is 8.48. The molecule has 134 valence electrons. The van der Waals surface area contributed by atoms with Crippen LogP contribution in [0.2, 0.25) is 0 Å². The van der Waals surface area contributed by atoms with E-state index in [1.165, 1.54) is 12.1 Å². The van der Waals surface area contributed by atoms with E-state index in [-0.39, 0.29) is 28.4 Å². The summed E-state index contributed by atoms with van der Waals surface area (Å²) >= 11 is 5.41. The second-order valence-electron chi connectivity index (χ2n) is 6.02. The van der Waals surface area contributed by atoms with E-state index in [4.69, 9.17) is 12.2 Å². The Morgan fingerprint density at radius 2 is 1.78 bits per heavy atom. The molecule has 0 spiro atoms. The summed E-state index contributed by atoms with van der Waals surface area (Å²) in [5.74, 6) is -0.413. The van der Waals surface area contributed by atoms with Crippen LogP contribution in [-0.2, 0) is 0 Å². The molecule has 0 radical (unpaired) electrons. The lowest BCUT2D eigenvalue weighted by Crippen LogP contribution is -1.99. The van der Waals surface area contributed by atoms with Crippen LogP contribution in [0, 0.1) is 4.77 Å². The smallest absolute Gasteiger partial charge is 0.200 e. The van der Waals surface area contributed by atoms with Crippen LogP contribution in [0.4, 0.5) is 0 Å². The van der Waals surface area contributed by atoms with E-state index in [0.717, 1.165) is 16.5 Å². The molecule has 3 aromatic carbocycles. The molecule has 4 N–H and O–H groups in total. The monoisotopic (exact) mass is 377 g/mol. The molecule has 1 aromatic heterocycles. The number of aliphatic hydroxyl groups is 1. The van der Waals surface area contributed by atoms with E-state index < -0.39 is 0 Å². The fourth-order valence-electron chi connectivity index (χ4n) is 3.09. The van der Waals surface area contributed by atoms with Crippen molar-refractivity contribution in [1.82, 2.24) is 14.8 Å². The molecule has 0 saturated heterocycles. The second-order valence-corrected chi connectivity index (χ2v) is 6.41. The van der Waals surface area contributed by atoms with Gasteiger partial charge in [0.1, 0.15) is 17.3 Å². The Morgan fingerprint density at radius 3 is 2.56 bits per heavy atom. The van der Waals surface area contributed by atoms with Gasteiger partial charge in [-0.1, -0.05) is 43.0 Å². The minimum Gasteiger partial charge on any atom is -0.508 e. The van der Waals surface area contributed by atoms with Crippen molar-refractivity contribution in [3.63, 3.8) is 0 Å². The van der Waals surface area contributed by atoms with Crippen LogP contribution in [0.15, 0.2) is 61.2 Å². The zero-order valence-electron chi connectivity index (χ0n) is 14.0. The zero-order chi connectivity index (χ0) is 19.1. The number of benzene rings is 3. The molecule has 0 unspecified atom stereocenters. The standard InChI is InChI=1S/C20H15N3O3S/c1-11(24)14-9-18(26)15(10-17(14)25)19-21-22-20(27)23(19)16-8-4-6-12-5-2-3-7-13(12)16/h2-10,24-26H,1H2,(H,22,27). The lowest BCUT2D eigenvalue weighted by atomic mass is 10.1. The van der Waals surface area contributed by atoms with Gasteiger partial charge >= 0.3 is 0 Å². The zero-order valence-corrected chi connectivity index (χ0v) is 14.9. The number of rotatable bonds is 3. The highest BCUT2D eigenvalue weighted by Crippen LogP contribution is 2.37. The first-order valence-electron chi connectivity index (χ1n) is 8.07. The molecule has 0 aliphatic rings. The summed E-state index contributed by atoms with van der Waals surface area (Å²) in [5, 5.41) is 39.1. The van der Waals surface area contributed by atoms with Crippen molar-refractivity contribution in [3.05, 3.63) is 71.5 Å². The third kappa shape index (κ3) is 2.74. The van der Waals surface area contributed by atoms with Crippen molar-refractivity contribution < 1.29 is 15.3 Å². The molecule has 0 aliphatic carbocycles. The topological polar surface area (TPSA) is 94.3 Å². The Hall–Kier alpha value is -3.58. The van der Waals surface area contributed by atoms with Gasteiger partial charge < -0.3 is 15.3 Å². The van der Waals surface area contributed by atoms with Crippen LogP contribution >= 0.6 is 12.2 Å². The predicted molar refractivity (Wildman–Crippen MR) is 107 cm³/mol. The number of aliphatic hydroxyl groups excluding tert-OH is 1. The molecule has 0 aliphatic heterocycles. The summed E-state index contributed by atoms with van der Waals surface area (Å²) in [5.41, 5.74) is 1.09.